The van der Waals surface area contributed by atoms with E-state index in [2.05, 4.69) is 28.9 Å². The van der Waals surface area contributed by atoms with E-state index in [-0.39, 0.29) is 0 Å². The lowest BCUT2D eigenvalue weighted by Crippen LogP contribution is -2.36. The number of likely N-dealkylation sites (tertiary alicyclic amines) is 1. The van der Waals surface area contributed by atoms with Gasteiger partial charge in [0.1, 0.15) is 5.60 Å². The van der Waals surface area contributed by atoms with Gasteiger partial charge in [-0.25, -0.2) is 0 Å². The zero-order valence-electron chi connectivity index (χ0n) is 11.9. The second-order valence-corrected chi connectivity index (χ2v) is 6.67. The van der Waals surface area contributed by atoms with Crippen LogP contribution in [0.4, 0.5) is 0 Å². The molecule has 4 atom stereocenters. The first-order chi connectivity index (χ1) is 9.15. The minimum atomic E-state index is -0.806. The van der Waals surface area contributed by atoms with Crippen molar-refractivity contribution in [3.05, 3.63) is 12.2 Å². The molecule has 2 fully saturated rings. The van der Waals surface area contributed by atoms with Crippen molar-refractivity contribution in [2.24, 2.45) is 17.8 Å². The Hall–Kier alpha value is -0.780. The molecular formula is C17H25NO. The quantitative estimate of drug-likeness (QED) is 0.608. The third kappa shape index (κ3) is 2.88. The highest BCUT2D eigenvalue weighted by Gasteiger charge is 2.44. The van der Waals surface area contributed by atoms with E-state index in [0.29, 0.717) is 17.8 Å². The summed E-state index contributed by atoms with van der Waals surface area (Å²) in [5.41, 5.74) is -0.806. The maximum Gasteiger partial charge on any atom is 0.126 e. The summed E-state index contributed by atoms with van der Waals surface area (Å²) < 4.78 is 0. The number of hydrogen-bond donors (Lipinski definition) is 1. The number of fused-ring (bicyclic) bond motifs is 2. The molecule has 1 aliphatic heterocycles. The zero-order chi connectivity index (χ0) is 13.3. The van der Waals surface area contributed by atoms with Gasteiger partial charge in [0.15, 0.2) is 0 Å². The molecule has 2 aliphatic carbocycles. The summed E-state index contributed by atoms with van der Waals surface area (Å²) in [6.45, 7) is 5.09. The highest BCUT2D eigenvalue weighted by atomic mass is 16.3. The second-order valence-electron chi connectivity index (χ2n) is 6.67. The van der Waals surface area contributed by atoms with Crippen LogP contribution in [-0.4, -0.2) is 35.2 Å². The summed E-state index contributed by atoms with van der Waals surface area (Å²) in [6.07, 6.45) is 10.9. The highest BCUT2D eigenvalue weighted by Crippen LogP contribution is 2.47. The molecule has 2 heteroatoms. The summed E-state index contributed by atoms with van der Waals surface area (Å²) in [5.74, 6) is 8.00. The van der Waals surface area contributed by atoms with Crippen LogP contribution in [0.3, 0.4) is 0 Å². The molecule has 0 aromatic heterocycles. The van der Waals surface area contributed by atoms with Crippen LogP contribution in [0.25, 0.3) is 0 Å². The molecule has 104 valence electrons. The van der Waals surface area contributed by atoms with E-state index in [1.165, 1.54) is 38.8 Å². The third-order valence-corrected chi connectivity index (χ3v) is 5.09. The lowest BCUT2D eigenvalue weighted by Gasteiger charge is -2.30. The molecule has 1 N–H and O–H groups in total. The van der Waals surface area contributed by atoms with Gasteiger partial charge in [0.05, 0.1) is 6.54 Å². The van der Waals surface area contributed by atoms with Crippen LogP contribution in [-0.2, 0) is 0 Å². The number of rotatable bonds is 2. The van der Waals surface area contributed by atoms with E-state index in [4.69, 9.17) is 0 Å². The Kier molecular flexibility index (Phi) is 3.69. The summed E-state index contributed by atoms with van der Waals surface area (Å²) >= 11 is 0. The average molecular weight is 259 g/mol. The van der Waals surface area contributed by atoms with E-state index < -0.39 is 5.60 Å². The summed E-state index contributed by atoms with van der Waals surface area (Å²) in [6, 6.07) is 0. The van der Waals surface area contributed by atoms with Crippen molar-refractivity contribution >= 4 is 0 Å². The van der Waals surface area contributed by atoms with Gasteiger partial charge >= 0.3 is 0 Å². The molecule has 3 aliphatic rings. The molecule has 1 saturated heterocycles. The lowest BCUT2D eigenvalue weighted by molar-refractivity contribution is 0.0431. The molecule has 0 aromatic carbocycles. The van der Waals surface area contributed by atoms with Crippen molar-refractivity contribution in [1.82, 2.24) is 4.90 Å². The van der Waals surface area contributed by atoms with Crippen LogP contribution in [0.15, 0.2) is 12.2 Å². The van der Waals surface area contributed by atoms with Crippen molar-refractivity contribution < 1.29 is 5.11 Å². The minimum Gasteiger partial charge on any atom is -0.378 e. The zero-order valence-corrected chi connectivity index (χ0v) is 11.9. The SMILES string of the molecule is C[C@](O)(C#CCN1CCCCC1)[C@H]1C[C@H]2C=C[C@H]1C2. The molecule has 0 unspecified atom stereocenters. The summed E-state index contributed by atoms with van der Waals surface area (Å²) in [5, 5.41) is 10.6. The normalized spacial score (nSPS) is 36.8. The number of allylic oxidation sites excluding steroid dienone is 2. The molecular weight excluding hydrogens is 234 g/mol. The van der Waals surface area contributed by atoms with Crippen LogP contribution < -0.4 is 0 Å². The Morgan fingerprint density at radius 2 is 2.00 bits per heavy atom. The molecule has 19 heavy (non-hydrogen) atoms. The van der Waals surface area contributed by atoms with Crippen LogP contribution in [0.1, 0.15) is 39.0 Å². The van der Waals surface area contributed by atoms with Gasteiger partial charge in [-0.2, -0.15) is 0 Å². The summed E-state index contributed by atoms with van der Waals surface area (Å²) in [7, 11) is 0. The Morgan fingerprint density at radius 1 is 1.21 bits per heavy atom. The topological polar surface area (TPSA) is 23.5 Å². The van der Waals surface area contributed by atoms with Gasteiger partial charge in [-0.05, 0) is 57.5 Å². The Bertz CT molecular complexity index is 409. The molecule has 1 saturated carbocycles. The molecule has 3 rings (SSSR count). The monoisotopic (exact) mass is 259 g/mol. The molecule has 1 heterocycles. The third-order valence-electron chi connectivity index (χ3n) is 5.09. The molecule has 0 radical (unpaired) electrons. The predicted molar refractivity (Wildman–Crippen MR) is 77.5 cm³/mol. The van der Waals surface area contributed by atoms with Gasteiger partial charge in [0, 0.05) is 5.92 Å². The lowest BCUT2D eigenvalue weighted by atomic mass is 9.80. The Morgan fingerprint density at radius 3 is 2.63 bits per heavy atom. The molecule has 0 amide bonds. The van der Waals surface area contributed by atoms with Crippen LogP contribution >= 0.6 is 0 Å². The standard InChI is InChI=1S/C17H25NO/c1-17(19,16-13-14-6-7-15(16)12-14)8-5-11-18-9-3-2-4-10-18/h6-7,14-16,19H,2-4,9-13H2,1H3/t14-,15-,16-,17-/m0/s1. The van der Waals surface area contributed by atoms with E-state index in [1.54, 1.807) is 0 Å². The van der Waals surface area contributed by atoms with Gasteiger partial charge in [0.2, 0.25) is 0 Å². The number of nitrogens with zero attached hydrogens (tertiary/aromatic N) is 1. The second kappa shape index (κ2) is 5.31. The molecule has 0 aromatic rings. The van der Waals surface area contributed by atoms with E-state index >= 15 is 0 Å². The highest BCUT2D eigenvalue weighted by molar-refractivity contribution is 5.22. The molecule has 2 nitrogen and oxygen atoms in total. The average Bonchev–Trinajstić information content (AvgIpc) is 3.02. The van der Waals surface area contributed by atoms with Crippen molar-refractivity contribution in [3.8, 4) is 11.8 Å². The van der Waals surface area contributed by atoms with Crippen molar-refractivity contribution in [3.63, 3.8) is 0 Å². The fourth-order valence-corrected chi connectivity index (χ4v) is 3.97. The van der Waals surface area contributed by atoms with E-state index in [1.807, 2.05) is 6.92 Å². The first-order valence-electron chi connectivity index (χ1n) is 7.78. The predicted octanol–water partition coefficient (Wildman–Crippen LogP) is 2.44. The molecule has 0 spiro atoms. The first-order valence-corrected chi connectivity index (χ1v) is 7.78. The number of hydrogen-bond acceptors (Lipinski definition) is 2. The van der Waals surface area contributed by atoms with Gasteiger partial charge < -0.3 is 5.11 Å². The maximum absolute atomic E-state index is 10.6. The smallest absolute Gasteiger partial charge is 0.126 e. The largest absolute Gasteiger partial charge is 0.378 e. The summed E-state index contributed by atoms with van der Waals surface area (Å²) in [4.78, 5) is 2.41. The van der Waals surface area contributed by atoms with E-state index in [9.17, 15) is 5.11 Å². The van der Waals surface area contributed by atoms with Crippen LogP contribution in [0.2, 0.25) is 0 Å². The van der Waals surface area contributed by atoms with E-state index in [0.717, 1.165) is 13.0 Å². The fourth-order valence-electron chi connectivity index (χ4n) is 3.97. The van der Waals surface area contributed by atoms with Crippen molar-refractivity contribution in [1.29, 1.82) is 0 Å². The Balaban J connectivity index is 1.57. The van der Waals surface area contributed by atoms with Gasteiger partial charge in [0.25, 0.3) is 0 Å². The van der Waals surface area contributed by atoms with Crippen molar-refractivity contribution in [2.75, 3.05) is 19.6 Å². The van der Waals surface area contributed by atoms with Gasteiger partial charge in [-0.1, -0.05) is 30.4 Å². The number of piperidine rings is 1. The van der Waals surface area contributed by atoms with Crippen molar-refractivity contribution in [2.45, 2.75) is 44.6 Å². The Labute approximate surface area is 116 Å². The number of aliphatic hydroxyl groups is 1. The minimum absolute atomic E-state index is 0.344. The fraction of sp³-hybridized carbons (Fsp3) is 0.765. The van der Waals surface area contributed by atoms with Crippen LogP contribution in [0.5, 0.6) is 0 Å². The van der Waals surface area contributed by atoms with Crippen LogP contribution in [0, 0.1) is 29.6 Å². The van der Waals surface area contributed by atoms with Gasteiger partial charge in [-0.3, -0.25) is 4.90 Å². The molecule has 2 bridgehead atoms. The van der Waals surface area contributed by atoms with Gasteiger partial charge in [-0.15, -0.1) is 0 Å². The maximum atomic E-state index is 10.6. The first kappa shape index (κ1) is 13.2.